The molecule has 0 heterocycles. The summed E-state index contributed by atoms with van der Waals surface area (Å²) in [4.78, 5) is 0. The van der Waals surface area contributed by atoms with Crippen LogP contribution in [-0.4, -0.2) is 0 Å². The lowest BCUT2D eigenvalue weighted by atomic mass is 9.71. The molecule has 214 valence electrons. The van der Waals surface area contributed by atoms with Crippen molar-refractivity contribution < 1.29 is 0 Å². The van der Waals surface area contributed by atoms with E-state index in [4.69, 9.17) is 0 Å². The van der Waals surface area contributed by atoms with Gasteiger partial charge in [0.05, 0.1) is 0 Å². The van der Waals surface area contributed by atoms with E-state index in [2.05, 4.69) is 166 Å². The van der Waals surface area contributed by atoms with Gasteiger partial charge in [0.15, 0.2) is 0 Å². The van der Waals surface area contributed by atoms with E-state index in [-0.39, 0.29) is 10.8 Å². The molecule has 2 rings (SSSR count). The SMILES string of the molecule is C=C1C[C-]=CC(C)(C)/C1=C/C=C(C)/C=C/C=C(C)/C=C/C=C/C(C)=C/C=C/C(C)=C/[CH-]C1=C(C)CCCC1(C)C. The molecule has 0 saturated carbocycles. The van der Waals surface area contributed by atoms with Gasteiger partial charge >= 0.3 is 0 Å². The molecule has 2 aliphatic carbocycles. The van der Waals surface area contributed by atoms with E-state index in [1.807, 2.05) is 0 Å². The van der Waals surface area contributed by atoms with Crippen molar-refractivity contribution in [3.8, 4) is 0 Å². The van der Waals surface area contributed by atoms with Crippen LogP contribution in [0.1, 0.15) is 88.0 Å². The second-order valence-electron chi connectivity index (χ2n) is 12.6. The van der Waals surface area contributed by atoms with Crippen molar-refractivity contribution in [3.05, 3.63) is 149 Å². The van der Waals surface area contributed by atoms with Crippen molar-refractivity contribution in [2.45, 2.75) is 88.0 Å². The summed E-state index contributed by atoms with van der Waals surface area (Å²) in [6.45, 7) is 24.2. The van der Waals surface area contributed by atoms with Crippen molar-refractivity contribution in [2.24, 2.45) is 10.8 Å². The fourth-order valence-electron chi connectivity index (χ4n) is 5.17. The molecule has 40 heavy (non-hydrogen) atoms. The molecule has 0 aliphatic heterocycles. The normalized spacial score (nSPS) is 22.2. The standard InChI is InChI=1S/C40H52/c1-31(19-13-21-33(3)25-27-37-35(5)23-15-29-39(37,7)8)17-11-12-18-32(2)20-14-22-34(4)26-28-38-36(6)24-16-30-40(38,9)10/h11-14,17-22,25-29H,5,16,23-24,30H2,1-4,6-10H3/q-2/b17-11+,18-12+,21-13+,22-14+,31-19+,32-20+,33-25+,34-26+,37-27+. The highest BCUT2D eigenvalue weighted by Gasteiger charge is 2.23. The van der Waals surface area contributed by atoms with Gasteiger partial charge in [0.25, 0.3) is 0 Å². The number of hydrogen-bond acceptors (Lipinski definition) is 0. The Kier molecular flexibility index (Phi) is 12.8. The summed E-state index contributed by atoms with van der Waals surface area (Å²) in [5.74, 6) is 0. The molecule has 0 spiro atoms. The van der Waals surface area contributed by atoms with Crippen molar-refractivity contribution in [3.63, 3.8) is 0 Å². The molecular formula is C40H52-2. The van der Waals surface area contributed by atoms with Crippen molar-refractivity contribution in [1.82, 2.24) is 0 Å². The summed E-state index contributed by atoms with van der Waals surface area (Å²) in [6.07, 6.45) is 40.4. The molecule has 0 N–H and O–H groups in total. The molecule has 0 nitrogen and oxygen atoms in total. The highest BCUT2D eigenvalue weighted by atomic mass is 14.3. The van der Waals surface area contributed by atoms with Gasteiger partial charge in [-0.3, -0.25) is 6.08 Å². The summed E-state index contributed by atoms with van der Waals surface area (Å²) in [6, 6.07) is 0. The minimum absolute atomic E-state index is 0.00748. The lowest BCUT2D eigenvalue weighted by molar-refractivity contribution is 0.373. The molecule has 0 unspecified atom stereocenters. The van der Waals surface area contributed by atoms with Crippen molar-refractivity contribution in [1.29, 1.82) is 0 Å². The predicted molar refractivity (Wildman–Crippen MR) is 180 cm³/mol. The maximum atomic E-state index is 4.22. The van der Waals surface area contributed by atoms with E-state index < -0.39 is 0 Å². The third-order valence-corrected chi connectivity index (χ3v) is 7.69. The van der Waals surface area contributed by atoms with Crippen LogP contribution in [0.15, 0.2) is 136 Å². The smallest absolute Gasteiger partial charge is 0.0238 e. The Labute approximate surface area is 247 Å². The van der Waals surface area contributed by atoms with E-state index in [0.717, 1.165) is 12.0 Å². The zero-order valence-electron chi connectivity index (χ0n) is 26.7. The Morgan fingerprint density at radius 1 is 0.825 bits per heavy atom. The molecule has 0 atom stereocenters. The van der Waals surface area contributed by atoms with Gasteiger partial charge in [-0.25, -0.2) is 0 Å². The van der Waals surface area contributed by atoms with Crippen LogP contribution in [0.2, 0.25) is 0 Å². The second kappa shape index (κ2) is 15.5. The molecule has 0 saturated heterocycles. The molecule has 0 amide bonds. The average Bonchev–Trinajstić information content (AvgIpc) is 2.85. The molecular weight excluding hydrogens is 480 g/mol. The third kappa shape index (κ3) is 11.1. The maximum Gasteiger partial charge on any atom is -0.0238 e. The zero-order valence-corrected chi connectivity index (χ0v) is 26.7. The Bertz CT molecular complexity index is 1240. The molecule has 0 heteroatoms. The molecule has 0 radical (unpaired) electrons. The van der Waals surface area contributed by atoms with E-state index >= 15 is 0 Å². The van der Waals surface area contributed by atoms with Crippen LogP contribution in [0, 0.1) is 23.3 Å². The van der Waals surface area contributed by atoms with Crippen LogP contribution in [0.5, 0.6) is 0 Å². The Balaban J connectivity index is 1.87. The van der Waals surface area contributed by atoms with Crippen LogP contribution >= 0.6 is 0 Å². The number of hydrogen-bond donors (Lipinski definition) is 0. The minimum Gasteiger partial charge on any atom is -0.495 e. The van der Waals surface area contributed by atoms with Gasteiger partial charge in [-0.2, -0.15) is 30.1 Å². The summed E-state index contributed by atoms with van der Waals surface area (Å²) in [5.41, 5.74) is 10.7. The van der Waals surface area contributed by atoms with Crippen LogP contribution in [-0.2, 0) is 0 Å². The number of allylic oxidation sites excluding steroid dienone is 23. The van der Waals surface area contributed by atoms with Crippen LogP contribution in [0.25, 0.3) is 0 Å². The predicted octanol–water partition coefficient (Wildman–Crippen LogP) is 12.0. The average molecular weight is 533 g/mol. The van der Waals surface area contributed by atoms with Gasteiger partial charge in [-0.15, -0.1) is 11.6 Å². The summed E-state index contributed by atoms with van der Waals surface area (Å²) in [5, 5.41) is 0. The first-order valence-electron chi connectivity index (χ1n) is 14.7. The first-order chi connectivity index (χ1) is 18.8. The lowest BCUT2D eigenvalue weighted by Gasteiger charge is -2.39. The van der Waals surface area contributed by atoms with Gasteiger partial charge in [-0.05, 0) is 43.6 Å². The monoisotopic (exact) mass is 532 g/mol. The van der Waals surface area contributed by atoms with Crippen LogP contribution in [0.3, 0.4) is 0 Å². The van der Waals surface area contributed by atoms with Gasteiger partial charge < -0.3 is 6.08 Å². The Morgan fingerprint density at radius 3 is 1.95 bits per heavy atom. The van der Waals surface area contributed by atoms with Crippen LogP contribution in [0.4, 0.5) is 0 Å². The summed E-state index contributed by atoms with van der Waals surface area (Å²) >= 11 is 0. The quantitative estimate of drug-likeness (QED) is 0.194. The fourth-order valence-corrected chi connectivity index (χ4v) is 5.17. The topological polar surface area (TPSA) is 0 Å². The molecule has 0 aromatic rings. The molecule has 2 aliphatic rings. The van der Waals surface area contributed by atoms with Crippen molar-refractivity contribution in [2.75, 3.05) is 0 Å². The van der Waals surface area contributed by atoms with E-state index in [9.17, 15) is 0 Å². The van der Waals surface area contributed by atoms with Gasteiger partial charge in [0.1, 0.15) is 0 Å². The zero-order chi connectivity index (χ0) is 29.8. The largest absolute Gasteiger partial charge is 0.495 e. The summed E-state index contributed by atoms with van der Waals surface area (Å²) < 4.78 is 0. The van der Waals surface area contributed by atoms with E-state index in [0.29, 0.717) is 0 Å². The third-order valence-electron chi connectivity index (χ3n) is 7.69. The minimum atomic E-state index is -0.00748. The number of rotatable bonds is 10. The molecule has 0 aromatic heterocycles. The van der Waals surface area contributed by atoms with Gasteiger partial charge in [0, 0.05) is 0 Å². The highest BCUT2D eigenvalue weighted by molar-refractivity contribution is 5.44. The lowest BCUT2D eigenvalue weighted by Crippen LogP contribution is -2.20. The molecule has 0 bridgehead atoms. The first-order valence-corrected chi connectivity index (χ1v) is 14.7. The maximum absolute atomic E-state index is 4.22. The van der Waals surface area contributed by atoms with Crippen molar-refractivity contribution >= 4 is 0 Å². The Hall–Kier alpha value is -3.25. The van der Waals surface area contributed by atoms with E-state index in [1.54, 1.807) is 5.57 Å². The fraction of sp³-hybridized carbons (Fsp3) is 0.375. The highest BCUT2D eigenvalue weighted by Crippen LogP contribution is 2.41. The first kappa shape index (κ1) is 33.0. The van der Waals surface area contributed by atoms with Crippen LogP contribution < -0.4 is 0 Å². The van der Waals surface area contributed by atoms with Gasteiger partial charge in [0.2, 0.25) is 0 Å². The van der Waals surface area contributed by atoms with E-state index in [1.165, 1.54) is 52.7 Å². The summed E-state index contributed by atoms with van der Waals surface area (Å²) in [7, 11) is 0. The molecule has 0 fully saturated rings. The van der Waals surface area contributed by atoms with Gasteiger partial charge in [-0.1, -0.05) is 150 Å². The Morgan fingerprint density at radius 2 is 1.38 bits per heavy atom. The molecule has 0 aromatic carbocycles. The second-order valence-corrected chi connectivity index (χ2v) is 12.6.